The Kier molecular flexibility index (Phi) is 6.99. The molecule has 0 aliphatic heterocycles. The van der Waals surface area contributed by atoms with Gasteiger partial charge in [0.25, 0.3) is 0 Å². The first-order valence-corrected chi connectivity index (χ1v) is 9.09. The highest BCUT2D eigenvalue weighted by Gasteiger charge is 2.52. The molecule has 0 fully saturated rings. The molecule has 0 spiro atoms. The lowest BCUT2D eigenvalue weighted by molar-refractivity contribution is -0.152. The molecule has 5 nitrogen and oxygen atoms in total. The number of methoxy groups -OCH3 is 1. The Bertz CT molecular complexity index is 802. The highest BCUT2D eigenvalue weighted by atomic mass is 16.6. The molecule has 0 heterocycles. The first-order chi connectivity index (χ1) is 13.3. The zero-order valence-corrected chi connectivity index (χ0v) is 16.6. The maximum atomic E-state index is 12.9. The second kappa shape index (κ2) is 9.22. The normalized spacial score (nSPS) is 13.1. The molecule has 2 aromatic carbocycles. The van der Waals surface area contributed by atoms with Crippen molar-refractivity contribution in [1.29, 1.82) is 0 Å². The average Bonchev–Trinajstić information content (AvgIpc) is 2.72. The number of alkyl carbamates (subject to hydrolysis) is 1. The van der Waals surface area contributed by atoms with Crippen LogP contribution in [0.25, 0.3) is 0 Å². The van der Waals surface area contributed by atoms with Crippen LogP contribution in [-0.2, 0) is 27.3 Å². The second-order valence-corrected chi connectivity index (χ2v) is 7.17. The fourth-order valence-corrected chi connectivity index (χ4v) is 3.00. The molecule has 1 unspecified atom stereocenters. The van der Waals surface area contributed by atoms with Gasteiger partial charge in [0, 0.05) is 11.8 Å². The van der Waals surface area contributed by atoms with E-state index in [4.69, 9.17) is 9.47 Å². The van der Waals surface area contributed by atoms with Crippen LogP contribution in [0.4, 0.5) is 4.79 Å². The third-order valence-corrected chi connectivity index (χ3v) is 4.98. The van der Waals surface area contributed by atoms with E-state index in [1.165, 1.54) is 7.11 Å². The summed E-state index contributed by atoms with van der Waals surface area (Å²) in [6.07, 6.45) is 1.18. The number of rotatable bonds is 8. The number of hydrogen-bond acceptors (Lipinski definition) is 4. The van der Waals surface area contributed by atoms with Crippen molar-refractivity contribution in [3.8, 4) is 0 Å². The van der Waals surface area contributed by atoms with Gasteiger partial charge in [-0.3, -0.25) is 0 Å². The largest absolute Gasteiger partial charge is 0.467 e. The Morgan fingerprint density at radius 1 is 1.00 bits per heavy atom. The Labute approximate surface area is 166 Å². The van der Waals surface area contributed by atoms with Crippen LogP contribution in [0.2, 0.25) is 0 Å². The predicted octanol–water partition coefficient (Wildman–Crippen LogP) is 4.28. The fourth-order valence-electron chi connectivity index (χ4n) is 3.00. The van der Waals surface area contributed by atoms with Gasteiger partial charge in [0.2, 0.25) is 0 Å². The standard InChI is InChI=1S/C23H27NO4/c1-5-22(2,3)23(20(25)27-4,16-18-12-8-6-9-13-18)24-21(26)28-17-19-14-10-7-11-15-19/h5-15H,1,16-17H2,2-4H3,(H,24,26). The van der Waals surface area contributed by atoms with E-state index in [-0.39, 0.29) is 13.0 Å². The molecule has 148 valence electrons. The van der Waals surface area contributed by atoms with Crippen LogP contribution in [0.3, 0.4) is 0 Å². The molecule has 28 heavy (non-hydrogen) atoms. The third kappa shape index (κ3) is 4.80. The monoisotopic (exact) mass is 381 g/mol. The number of carbonyl (C=O) groups excluding carboxylic acids is 2. The molecule has 1 atom stereocenters. The SMILES string of the molecule is C=CC(C)(C)C(Cc1ccccc1)(NC(=O)OCc1ccccc1)C(=O)OC. The van der Waals surface area contributed by atoms with Gasteiger partial charge in [-0.25, -0.2) is 9.59 Å². The number of benzene rings is 2. The predicted molar refractivity (Wildman–Crippen MR) is 109 cm³/mol. The summed E-state index contributed by atoms with van der Waals surface area (Å²) in [5.74, 6) is -0.557. The lowest BCUT2D eigenvalue weighted by Gasteiger charge is -2.42. The van der Waals surface area contributed by atoms with Gasteiger partial charge in [-0.1, -0.05) is 80.6 Å². The summed E-state index contributed by atoms with van der Waals surface area (Å²) in [6.45, 7) is 7.62. The maximum absolute atomic E-state index is 12.9. The summed E-state index contributed by atoms with van der Waals surface area (Å²) in [6, 6.07) is 18.8. The van der Waals surface area contributed by atoms with E-state index in [0.29, 0.717) is 0 Å². The van der Waals surface area contributed by atoms with E-state index in [0.717, 1.165) is 11.1 Å². The number of ether oxygens (including phenoxy) is 2. The van der Waals surface area contributed by atoms with Gasteiger partial charge in [0.05, 0.1) is 7.11 Å². The Hall–Kier alpha value is -3.08. The lowest BCUT2D eigenvalue weighted by Crippen LogP contribution is -2.64. The third-order valence-electron chi connectivity index (χ3n) is 4.98. The maximum Gasteiger partial charge on any atom is 0.408 e. The summed E-state index contributed by atoms with van der Waals surface area (Å²) in [5.41, 5.74) is -0.445. The molecule has 0 aliphatic rings. The van der Waals surface area contributed by atoms with E-state index >= 15 is 0 Å². The van der Waals surface area contributed by atoms with Crippen LogP contribution < -0.4 is 5.32 Å². The first kappa shape index (κ1) is 21.2. The molecule has 0 aliphatic carbocycles. The molecule has 0 aromatic heterocycles. The number of nitrogens with one attached hydrogen (secondary N) is 1. The molecule has 0 saturated heterocycles. The van der Waals surface area contributed by atoms with E-state index in [9.17, 15) is 9.59 Å². The molecule has 2 rings (SSSR count). The number of carbonyl (C=O) groups is 2. The van der Waals surface area contributed by atoms with Crippen LogP contribution in [0.15, 0.2) is 73.3 Å². The Morgan fingerprint density at radius 2 is 1.54 bits per heavy atom. The average molecular weight is 381 g/mol. The molecule has 5 heteroatoms. The number of hydrogen-bond donors (Lipinski definition) is 1. The zero-order valence-electron chi connectivity index (χ0n) is 16.6. The first-order valence-electron chi connectivity index (χ1n) is 9.09. The molecule has 0 saturated carbocycles. The van der Waals surface area contributed by atoms with Crippen molar-refractivity contribution < 1.29 is 19.1 Å². The minimum Gasteiger partial charge on any atom is -0.467 e. The van der Waals surface area contributed by atoms with Crippen LogP contribution in [0.1, 0.15) is 25.0 Å². The van der Waals surface area contributed by atoms with Crippen molar-refractivity contribution in [3.63, 3.8) is 0 Å². The highest BCUT2D eigenvalue weighted by molar-refractivity contribution is 5.87. The minimum atomic E-state index is -1.38. The summed E-state index contributed by atoms with van der Waals surface area (Å²) in [7, 11) is 1.30. The van der Waals surface area contributed by atoms with E-state index in [2.05, 4.69) is 11.9 Å². The van der Waals surface area contributed by atoms with Crippen LogP contribution in [0, 0.1) is 5.41 Å². The second-order valence-electron chi connectivity index (χ2n) is 7.17. The van der Waals surface area contributed by atoms with Crippen LogP contribution in [0.5, 0.6) is 0 Å². The molecule has 1 N–H and O–H groups in total. The molecule has 2 aromatic rings. The number of esters is 1. The van der Waals surface area contributed by atoms with Crippen molar-refractivity contribution in [3.05, 3.63) is 84.4 Å². The van der Waals surface area contributed by atoms with Crippen molar-refractivity contribution >= 4 is 12.1 Å². The van der Waals surface area contributed by atoms with Gasteiger partial charge >= 0.3 is 12.1 Å². The van der Waals surface area contributed by atoms with Gasteiger partial charge in [0.1, 0.15) is 6.61 Å². The van der Waals surface area contributed by atoms with Crippen LogP contribution >= 0.6 is 0 Å². The number of amides is 1. The summed E-state index contributed by atoms with van der Waals surface area (Å²) >= 11 is 0. The fraction of sp³-hybridized carbons (Fsp3) is 0.304. The minimum absolute atomic E-state index is 0.101. The molecular weight excluding hydrogens is 354 g/mol. The lowest BCUT2D eigenvalue weighted by atomic mass is 9.68. The molecule has 1 amide bonds. The smallest absolute Gasteiger partial charge is 0.408 e. The van der Waals surface area contributed by atoms with Gasteiger partial charge in [0.15, 0.2) is 5.54 Å². The van der Waals surface area contributed by atoms with Gasteiger partial charge < -0.3 is 14.8 Å². The molecule has 0 bridgehead atoms. The van der Waals surface area contributed by atoms with Crippen molar-refractivity contribution in [1.82, 2.24) is 5.32 Å². The van der Waals surface area contributed by atoms with Gasteiger partial charge in [-0.2, -0.15) is 0 Å². The highest BCUT2D eigenvalue weighted by Crippen LogP contribution is 2.36. The van der Waals surface area contributed by atoms with E-state index < -0.39 is 23.0 Å². The Balaban J connectivity index is 2.31. The topological polar surface area (TPSA) is 64.6 Å². The summed E-state index contributed by atoms with van der Waals surface area (Å²) in [5, 5.41) is 2.78. The Morgan fingerprint density at radius 3 is 2.04 bits per heavy atom. The zero-order chi connectivity index (χ0) is 20.6. The van der Waals surface area contributed by atoms with Gasteiger partial charge in [-0.05, 0) is 11.1 Å². The van der Waals surface area contributed by atoms with Crippen LogP contribution in [-0.4, -0.2) is 24.7 Å². The van der Waals surface area contributed by atoms with Crippen molar-refractivity contribution in [2.45, 2.75) is 32.4 Å². The van der Waals surface area contributed by atoms with Crippen molar-refractivity contribution in [2.24, 2.45) is 5.41 Å². The summed E-state index contributed by atoms with van der Waals surface area (Å²) < 4.78 is 10.4. The van der Waals surface area contributed by atoms with E-state index in [1.54, 1.807) is 6.08 Å². The molecule has 0 radical (unpaired) electrons. The molecular formula is C23H27NO4. The summed E-state index contributed by atoms with van der Waals surface area (Å²) in [4.78, 5) is 25.5. The van der Waals surface area contributed by atoms with E-state index in [1.807, 2.05) is 74.5 Å². The van der Waals surface area contributed by atoms with Crippen molar-refractivity contribution in [2.75, 3.05) is 7.11 Å². The van der Waals surface area contributed by atoms with Gasteiger partial charge in [-0.15, -0.1) is 6.58 Å². The quantitative estimate of drug-likeness (QED) is 0.548.